The summed E-state index contributed by atoms with van der Waals surface area (Å²) in [5.74, 6) is 0.597. The van der Waals surface area contributed by atoms with Crippen molar-refractivity contribution < 1.29 is 0 Å². The second-order valence-electron chi connectivity index (χ2n) is 4.85. The van der Waals surface area contributed by atoms with Gasteiger partial charge < -0.3 is 11.1 Å². The molecule has 3 N–H and O–H groups in total. The van der Waals surface area contributed by atoms with Crippen molar-refractivity contribution in [3.63, 3.8) is 0 Å². The molecule has 2 unspecified atom stereocenters. The molecule has 0 bridgehead atoms. The van der Waals surface area contributed by atoms with Crippen LogP contribution in [0.25, 0.3) is 0 Å². The molecule has 0 saturated heterocycles. The summed E-state index contributed by atoms with van der Waals surface area (Å²) >= 11 is 0. The van der Waals surface area contributed by atoms with Crippen molar-refractivity contribution in [2.45, 2.75) is 45.7 Å². The average molecular weight is 220 g/mol. The fraction of sp³-hybridized carbons (Fsp3) is 0.571. The normalized spacial score (nSPS) is 15.1. The maximum atomic E-state index is 5.60. The molecule has 0 fully saturated rings. The zero-order valence-corrected chi connectivity index (χ0v) is 10.8. The lowest BCUT2D eigenvalue weighted by Gasteiger charge is -2.19. The first-order valence-corrected chi connectivity index (χ1v) is 6.10. The Labute approximate surface area is 99.2 Å². The molecule has 2 heteroatoms. The molecule has 0 aliphatic rings. The molecule has 2 atom stereocenters. The maximum Gasteiger partial charge on any atom is 0.0294 e. The van der Waals surface area contributed by atoms with Crippen molar-refractivity contribution in [2.75, 3.05) is 6.54 Å². The van der Waals surface area contributed by atoms with E-state index in [1.807, 2.05) is 0 Å². The van der Waals surface area contributed by atoms with Gasteiger partial charge in [-0.1, -0.05) is 38.1 Å². The van der Waals surface area contributed by atoms with Crippen LogP contribution < -0.4 is 11.1 Å². The molecule has 0 spiro atoms. The highest BCUT2D eigenvalue weighted by molar-refractivity contribution is 5.26. The van der Waals surface area contributed by atoms with Crippen LogP contribution in [-0.2, 0) is 0 Å². The first kappa shape index (κ1) is 13.2. The number of nitrogens with two attached hydrogens (primary N) is 1. The molecular formula is C14H24N2. The molecule has 90 valence electrons. The van der Waals surface area contributed by atoms with Crippen LogP contribution in [0.15, 0.2) is 24.3 Å². The van der Waals surface area contributed by atoms with Crippen LogP contribution in [0.5, 0.6) is 0 Å². The molecule has 0 amide bonds. The van der Waals surface area contributed by atoms with E-state index in [9.17, 15) is 0 Å². The molecule has 0 aliphatic heterocycles. The predicted octanol–water partition coefficient (Wildman–Crippen LogP) is 2.81. The topological polar surface area (TPSA) is 38.0 Å². The van der Waals surface area contributed by atoms with E-state index in [2.05, 4.69) is 57.3 Å². The van der Waals surface area contributed by atoms with Crippen LogP contribution in [0.1, 0.15) is 50.8 Å². The minimum Gasteiger partial charge on any atom is -0.329 e. The molecule has 16 heavy (non-hydrogen) atoms. The van der Waals surface area contributed by atoms with Crippen molar-refractivity contribution in [1.82, 2.24) is 5.32 Å². The third-order valence-electron chi connectivity index (χ3n) is 2.99. The molecule has 0 saturated carbocycles. The van der Waals surface area contributed by atoms with Crippen LogP contribution in [0.2, 0.25) is 0 Å². The van der Waals surface area contributed by atoms with Gasteiger partial charge in [0.1, 0.15) is 0 Å². The molecule has 1 aromatic carbocycles. The van der Waals surface area contributed by atoms with E-state index >= 15 is 0 Å². The Morgan fingerprint density at radius 3 is 1.94 bits per heavy atom. The summed E-state index contributed by atoms with van der Waals surface area (Å²) in [7, 11) is 0. The van der Waals surface area contributed by atoms with E-state index in [1.54, 1.807) is 0 Å². The van der Waals surface area contributed by atoms with E-state index in [-0.39, 0.29) is 0 Å². The zero-order chi connectivity index (χ0) is 12.1. The van der Waals surface area contributed by atoms with Crippen molar-refractivity contribution in [3.8, 4) is 0 Å². The number of rotatable bonds is 5. The molecular weight excluding hydrogens is 196 g/mol. The highest BCUT2D eigenvalue weighted by atomic mass is 15.0. The summed E-state index contributed by atoms with van der Waals surface area (Å²) in [4.78, 5) is 0. The lowest BCUT2D eigenvalue weighted by Crippen LogP contribution is -2.35. The Balaban J connectivity index is 2.66. The van der Waals surface area contributed by atoms with E-state index in [0.29, 0.717) is 24.5 Å². The average Bonchev–Trinajstić information content (AvgIpc) is 2.28. The van der Waals surface area contributed by atoms with Gasteiger partial charge in [0, 0.05) is 18.6 Å². The Kier molecular flexibility index (Phi) is 4.97. The first-order valence-electron chi connectivity index (χ1n) is 6.10. The van der Waals surface area contributed by atoms with Crippen molar-refractivity contribution in [2.24, 2.45) is 5.73 Å². The van der Waals surface area contributed by atoms with Crippen LogP contribution in [0, 0.1) is 0 Å². The van der Waals surface area contributed by atoms with Gasteiger partial charge in [-0.2, -0.15) is 0 Å². The summed E-state index contributed by atoms with van der Waals surface area (Å²) in [6.45, 7) is 9.39. The third-order valence-corrected chi connectivity index (χ3v) is 2.99. The highest BCUT2D eigenvalue weighted by Crippen LogP contribution is 2.18. The zero-order valence-electron chi connectivity index (χ0n) is 10.8. The Morgan fingerprint density at radius 2 is 1.50 bits per heavy atom. The molecule has 0 aromatic heterocycles. The minimum absolute atomic E-state index is 0.361. The van der Waals surface area contributed by atoms with E-state index in [0.717, 1.165) is 0 Å². The lowest BCUT2D eigenvalue weighted by atomic mass is 9.99. The van der Waals surface area contributed by atoms with Crippen molar-refractivity contribution >= 4 is 0 Å². The SMILES string of the molecule is CC(CN)NC(C)c1ccc(C(C)C)cc1. The number of nitrogens with one attached hydrogen (secondary N) is 1. The smallest absolute Gasteiger partial charge is 0.0294 e. The predicted molar refractivity (Wildman–Crippen MR) is 70.6 cm³/mol. The molecule has 0 aliphatic carbocycles. The first-order chi connectivity index (χ1) is 7.54. The summed E-state index contributed by atoms with van der Waals surface area (Å²) in [5.41, 5.74) is 8.32. The van der Waals surface area contributed by atoms with Crippen LogP contribution in [-0.4, -0.2) is 12.6 Å². The van der Waals surface area contributed by atoms with Gasteiger partial charge in [0.05, 0.1) is 0 Å². The number of benzene rings is 1. The van der Waals surface area contributed by atoms with Gasteiger partial charge in [0.15, 0.2) is 0 Å². The van der Waals surface area contributed by atoms with Gasteiger partial charge in [-0.15, -0.1) is 0 Å². The second-order valence-corrected chi connectivity index (χ2v) is 4.85. The third kappa shape index (κ3) is 3.62. The number of hydrogen-bond donors (Lipinski definition) is 2. The van der Waals surface area contributed by atoms with Gasteiger partial charge in [0.2, 0.25) is 0 Å². The second kappa shape index (κ2) is 6.02. The van der Waals surface area contributed by atoms with Crippen LogP contribution >= 0.6 is 0 Å². The Morgan fingerprint density at radius 1 is 1.00 bits per heavy atom. The lowest BCUT2D eigenvalue weighted by molar-refractivity contribution is 0.485. The fourth-order valence-corrected chi connectivity index (χ4v) is 1.76. The van der Waals surface area contributed by atoms with E-state index < -0.39 is 0 Å². The highest BCUT2D eigenvalue weighted by Gasteiger charge is 2.08. The summed E-state index contributed by atoms with van der Waals surface area (Å²) in [6.07, 6.45) is 0. The summed E-state index contributed by atoms with van der Waals surface area (Å²) in [5, 5.41) is 3.47. The van der Waals surface area contributed by atoms with Gasteiger partial charge in [-0.3, -0.25) is 0 Å². The van der Waals surface area contributed by atoms with Crippen molar-refractivity contribution in [3.05, 3.63) is 35.4 Å². The summed E-state index contributed by atoms with van der Waals surface area (Å²) < 4.78 is 0. The molecule has 1 aromatic rings. The van der Waals surface area contributed by atoms with Crippen LogP contribution in [0.4, 0.5) is 0 Å². The number of hydrogen-bond acceptors (Lipinski definition) is 2. The largest absolute Gasteiger partial charge is 0.329 e. The molecule has 0 radical (unpaired) electrons. The summed E-state index contributed by atoms with van der Waals surface area (Å²) in [6, 6.07) is 9.56. The van der Waals surface area contributed by atoms with Gasteiger partial charge in [-0.25, -0.2) is 0 Å². The molecule has 2 nitrogen and oxygen atoms in total. The quantitative estimate of drug-likeness (QED) is 0.801. The fourth-order valence-electron chi connectivity index (χ4n) is 1.76. The molecule has 0 heterocycles. The van der Waals surface area contributed by atoms with Gasteiger partial charge in [0.25, 0.3) is 0 Å². The Hall–Kier alpha value is -0.860. The van der Waals surface area contributed by atoms with Crippen LogP contribution in [0.3, 0.4) is 0 Å². The van der Waals surface area contributed by atoms with E-state index in [1.165, 1.54) is 11.1 Å². The minimum atomic E-state index is 0.361. The standard InChI is InChI=1S/C14H24N2/c1-10(2)13-5-7-14(8-6-13)12(4)16-11(3)9-15/h5-8,10-12,16H,9,15H2,1-4H3. The van der Waals surface area contributed by atoms with Crippen molar-refractivity contribution in [1.29, 1.82) is 0 Å². The molecule has 1 rings (SSSR count). The monoisotopic (exact) mass is 220 g/mol. The Bertz CT molecular complexity index is 303. The maximum absolute atomic E-state index is 5.60. The van der Waals surface area contributed by atoms with E-state index in [4.69, 9.17) is 5.73 Å². The van der Waals surface area contributed by atoms with Gasteiger partial charge in [-0.05, 0) is 30.9 Å². The van der Waals surface area contributed by atoms with Gasteiger partial charge >= 0.3 is 0 Å².